The second-order valence-corrected chi connectivity index (χ2v) is 6.69. The van der Waals surface area contributed by atoms with Crippen molar-refractivity contribution in [3.63, 3.8) is 0 Å². The Morgan fingerprint density at radius 2 is 2.09 bits per heavy atom. The molecule has 0 amide bonds. The van der Waals surface area contributed by atoms with Crippen molar-refractivity contribution in [2.75, 3.05) is 33.2 Å². The van der Waals surface area contributed by atoms with Crippen molar-refractivity contribution >= 4 is 5.96 Å². The fourth-order valence-corrected chi connectivity index (χ4v) is 3.07. The third-order valence-corrected chi connectivity index (χ3v) is 4.39. The van der Waals surface area contributed by atoms with E-state index >= 15 is 0 Å². The van der Waals surface area contributed by atoms with Crippen molar-refractivity contribution in [1.82, 2.24) is 15.5 Å². The Morgan fingerprint density at radius 1 is 1.30 bits per heavy atom. The zero-order valence-corrected chi connectivity index (χ0v) is 14.8. The van der Waals surface area contributed by atoms with Gasteiger partial charge in [-0.15, -0.1) is 0 Å². The molecule has 130 valence electrons. The van der Waals surface area contributed by atoms with Gasteiger partial charge in [-0.3, -0.25) is 9.89 Å². The molecular formula is C18H32N4O. The van der Waals surface area contributed by atoms with Gasteiger partial charge in [-0.2, -0.15) is 0 Å². The van der Waals surface area contributed by atoms with Gasteiger partial charge in [-0.25, -0.2) is 0 Å². The molecule has 0 aromatic carbocycles. The van der Waals surface area contributed by atoms with Crippen molar-refractivity contribution in [2.45, 2.75) is 45.6 Å². The predicted molar refractivity (Wildman–Crippen MR) is 95.7 cm³/mol. The van der Waals surface area contributed by atoms with Crippen LogP contribution in [0, 0.1) is 5.92 Å². The lowest BCUT2D eigenvalue weighted by Gasteiger charge is -2.26. The Bertz CT molecular complexity index is 450. The highest BCUT2D eigenvalue weighted by atomic mass is 16.3. The summed E-state index contributed by atoms with van der Waals surface area (Å²) in [6, 6.07) is 4.32. The molecule has 1 saturated heterocycles. The third-order valence-electron chi connectivity index (χ3n) is 4.39. The van der Waals surface area contributed by atoms with E-state index in [9.17, 15) is 0 Å². The van der Waals surface area contributed by atoms with Gasteiger partial charge < -0.3 is 15.1 Å². The lowest BCUT2D eigenvalue weighted by Crippen LogP contribution is -2.42. The molecule has 1 aromatic heterocycles. The van der Waals surface area contributed by atoms with E-state index in [0.29, 0.717) is 0 Å². The SMILES string of the molecule is CN=C(NCCCC(C)C)NCC(c1ccco1)N1CCCC1. The first-order valence-electron chi connectivity index (χ1n) is 8.92. The highest BCUT2D eigenvalue weighted by Crippen LogP contribution is 2.24. The summed E-state index contributed by atoms with van der Waals surface area (Å²) < 4.78 is 5.66. The molecule has 2 rings (SSSR count). The van der Waals surface area contributed by atoms with Gasteiger partial charge in [-0.05, 0) is 56.8 Å². The molecule has 1 atom stereocenters. The zero-order chi connectivity index (χ0) is 16.5. The Labute approximate surface area is 140 Å². The van der Waals surface area contributed by atoms with E-state index in [2.05, 4.69) is 40.4 Å². The van der Waals surface area contributed by atoms with E-state index in [1.807, 2.05) is 13.1 Å². The van der Waals surface area contributed by atoms with Crippen LogP contribution in [0.25, 0.3) is 0 Å². The minimum absolute atomic E-state index is 0.279. The van der Waals surface area contributed by atoms with Crippen LogP contribution in [0.15, 0.2) is 27.8 Å². The number of aliphatic imine (C=N–C) groups is 1. The molecule has 1 aromatic rings. The van der Waals surface area contributed by atoms with Crippen molar-refractivity contribution in [2.24, 2.45) is 10.9 Å². The Balaban J connectivity index is 1.82. The first-order valence-corrected chi connectivity index (χ1v) is 8.92. The van der Waals surface area contributed by atoms with Crippen LogP contribution in [0.2, 0.25) is 0 Å². The van der Waals surface area contributed by atoms with E-state index in [-0.39, 0.29) is 6.04 Å². The maximum atomic E-state index is 5.66. The lowest BCUT2D eigenvalue weighted by atomic mass is 10.1. The minimum atomic E-state index is 0.279. The van der Waals surface area contributed by atoms with Crippen LogP contribution in [0.5, 0.6) is 0 Å². The van der Waals surface area contributed by atoms with E-state index in [1.165, 1.54) is 25.7 Å². The van der Waals surface area contributed by atoms with Gasteiger partial charge in [-0.1, -0.05) is 13.8 Å². The molecule has 1 unspecified atom stereocenters. The van der Waals surface area contributed by atoms with Gasteiger partial charge in [0.25, 0.3) is 0 Å². The Kier molecular flexibility index (Phi) is 7.46. The fraction of sp³-hybridized carbons (Fsp3) is 0.722. The van der Waals surface area contributed by atoms with Crippen molar-refractivity contribution in [3.05, 3.63) is 24.2 Å². The number of guanidine groups is 1. The molecule has 0 radical (unpaired) electrons. The number of likely N-dealkylation sites (tertiary alicyclic amines) is 1. The lowest BCUT2D eigenvalue weighted by molar-refractivity contribution is 0.215. The molecule has 23 heavy (non-hydrogen) atoms. The summed E-state index contributed by atoms with van der Waals surface area (Å²) >= 11 is 0. The van der Waals surface area contributed by atoms with Crippen molar-refractivity contribution in [3.8, 4) is 0 Å². The maximum Gasteiger partial charge on any atom is 0.191 e. The standard InChI is InChI=1S/C18H32N4O/c1-15(2)8-6-10-20-18(19-3)21-14-16(17-9-7-13-23-17)22-11-4-5-12-22/h7,9,13,15-16H,4-6,8,10-12,14H2,1-3H3,(H2,19,20,21). The highest BCUT2D eigenvalue weighted by molar-refractivity contribution is 5.79. The first kappa shape index (κ1) is 17.9. The summed E-state index contributed by atoms with van der Waals surface area (Å²) in [7, 11) is 1.83. The van der Waals surface area contributed by atoms with Crippen LogP contribution >= 0.6 is 0 Å². The summed E-state index contributed by atoms with van der Waals surface area (Å²) in [6.07, 6.45) is 6.73. The molecule has 0 spiro atoms. The number of furan rings is 1. The molecule has 0 aliphatic carbocycles. The van der Waals surface area contributed by atoms with Gasteiger partial charge in [0.15, 0.2) is 5.96 Å². The second kappa shape index (κ2) is 9.60. The second-order valence-electron chi connectivity index (χ2n) is 6.69. The minimum Gasteiger partial charge on any atom is -0.468 e. The number of nitrogens with one attached hydrogen (secondary N) is 2. The molecule has 0 saturated carbocycles. The number of hydrogen-bond acceptors (Lipinski definition) is 3. The van der Waals surface area contributed by atoms with Gasteiger partial charge >= 0.3 is 0 Å². The largest absolute Gasteiger partial charge is 0.468 e. The third kappa shape index (κ3) is 5.90. The van der Waals surface area contributed by atoms with Crippen LogP contribution in [-0.2, 0) is 0 Å². The molecule has 5 heteroatoms. The van der Waals surface area contributed by atoms with E-state index in [4.69, 9.17) is 4.42 Å². The van der Waals surface area contributed by atoms with Crippen LogP contribution in [0.4, 0.5) is 0 Å². The predicted octanol–water partition coefficient (Wildman–Crippen LogP) is 3.02. The summed E-state index contributed by atoms with van der Waals surface area (Å²) in [6.45, 7) is 8.60. The highest BCUT2D eigenvalue weighted by Gasteiger charge is 2.25. The Hall–Kier alpha value is -1.49. The smallest absolute Gasteiger partial charge is 0.191 e. The quantitative estimate of drug-likeness (QED) is 0.439. The number of nitrogens with zero attached hydrogens (tertiary/aromatic N) is 2. The van der Waals surface area contributed by atoms with Gasteiger partial charge in [0.05, 0.1) is 12.3 Å². The van der Waals surface area contributed by atoms with Gasteiger partial charge in [0, 0.05) is 20.1 Å². The molecule has 2 heterocycles. The number of hydrogen-bond donors (Lipinski definition) is 2. The molecule has 0 bridgehead atoms. The van der Waals surface area contributed by atoms with E-state index in [0.717, 1.165) is 43.8 Å². The van der Waals surface area contributed by atoms with Crippen LogP contribution in [-0.4, -0.2) is 44.1 Å². The molecule has 5 nitrogen and oxygen atoms in total. The molecule has 1 fully saturated rings. The fourth-order valence-electron chi connectivity index (χ4n) is 3.07. The normalized spacial score (nSPS) is 17.7. The number of rotatable bonds is 8. The summed E-state index contributed by atoms with van der Waals surface area (Å²) in [4.78, 5) is 6.83. The monoisotopic (exact) mass is 320 g/mol. The van der Waals surface area contributed by atoms with Crippen LogP contribution in [0.3, 0.4) is 0 Å². The summed E-state index contributed by atoms with van der Waals surface area (Å²) in [5.41, 5.74) is 0. The molecule has 1 aliphatic rings. The first-order chi connectivity index (χ1) is 11.2. The average molecular weight is 320 g/mol. The van der Waals surface area contributed by atoms with Crippen molar-refractivity contribution < 1.29 is 4.42 Å². The van der Waals surface area contributed by atoms with Gasteiger partial charge in [0.1, 0.15) is 5.76 Å². The molecule has 2 N–H and O–H groups in total. The van der Waals surface area contributed by atoms with E-state index in [1.54, 1.807) is 6.26 Å². The maximum absolute atomic E-state index is 5.66. The summed E-state index contributed by atoms with van der Waals surface area (Å²) in [5, 5.41) is 6.87. The van der Waals surface area contributed by atoms with E-state index < -0.39 is 0 Å². The summed E-state index contributed by atoms with van der Waals surface area (Å²) in [5.74, 6) is 2.67. The molecule has 1 aliphatic heterocycles. The average Bonchev–Trinajstić information content (AvgIpc) is 3.23. The Morgan fingerprint density at radius 3 is 2.70 bits per heavy atom. The zero-order valence-electron chi connectivity index (χ0n) is 14.8. The van der Waals surface area contributed by atoms with Crippen LogP contribution in [0.1, 0.15) is 51.3 Å². The van der Waals surface area contributed by atoms with Crippen LogP contribution < -0.4 is 10.6 Å². The topological polar surface area (TPSA) is 52.8 Å². The van der Waals surface area contributed by atoms with Crippen molar-refractivity contribution in [1.29, 1.82) is 0 Å². The molecular weight excluding hydrogens is 288 g/mol. The van der Waals surface area contributed by atoms with Gasteiger partial charge in [0.2, 0.25) is 0 Å².